The summed E-state index contributed by atoms with van der Waals surface area (Å²) in [6.07, 6.45) is 1.71. The van der Waals surface area contributed by atoms with E-state index in [0.717, 1.165) is 22.3 Å². The zero-order chi connectivity index (χ0) is 12.7. The fourth-order valence-electron chi connectivity index (χ4n) is 1.67. The molecule has 0 spiro atoms. The van der Waals surface area contributed by atoms with E-state index in [1.54, 1.807) is 6.33 Å². The number of hydrogen-bond donors (Lipinski definition) is 1. The number of nitrogens with two attached hydrogens (primary N) is 1. The molecule has 3 aromatic rings. The summed E-state index contributed by atoms with van der Waals surface area (Å²) in [5.41, 5.74) is 8.08. The third-order valence-electron chi connectivity index (χ3n) is 2.38. The molecule has 0 fully saturated rings. The average molecular weight is 283 g/mol. The van der Waals surface area contributed by atoms with Crippen LogP contribution in [-0.4, -0.2) is 26.6 Å². The molecule has 18 heavy (non-hydrogen) atoms. The fraction of sp³-hybridized carbons (Fsp3) is 0.222. The van der Waals surface area contributed by atoms with E-state index in [0.29, 0.717) is 21.3 Å². The van der Waals surface area contributed by atoms with Gasteiger partial charge in [-0.3, -0.25) is 0 Å². The van der Waals surface area contributed by atoms with Crippen LogP contribution < -0.4 is 5.73 Å². The summed E-state index contributed by atoms with van der Waals surface area (Å²) >= 11 is 2.51. The lowest BCUT2D eigenvalue weighted by molar-refractivity contribution is -0.160. The Morgan fingerprint density at radius 3 is 3.06 bits per heavy atom. The maximum Gasteiger partial charge on any atom is 0.183 e. The molecule has 3 heterocycles. The first kappa shape index (κ1) is 11.7. The molecule has 3 rings (SSSR count). The highest BCUT2D eigenvalue weighted by Gasteiger charge is 2.15. The topological polar surface area (TPSA) is 88.1 Å². The Hall–Kier alpha value is -1.42. The van der Waals surface area contributed by atoms with Crippen LogP contribution in [0.25, 0.3) is 21.4 Å². The third-order valence-corrected chi connectivity index (χ3v) is 4.12. The first-order valence-electron chi connectivity index (χ1n) is 4.95. The number of anilines is 1. The molecular formula is C9H9N5O2S2. The second-order valence-electron chi connectivity index (χ2n) is 3.50. The molecule has 0 aliphatic carbocycles. The average Bonchev–Trinajstić information content (AvgIpc) is 2.90. The summed E-state index contributed by atoms with van der Waals surface area (Å²) in [6.45, 7) is 0. The second-order valence-corrected chi connectivity index (χ2v) is 5.45. The molecule has 0 aliphatic rings. The van der Waals surface area contributed by atoms with Gasteiger partial charge in [0.25, 0.3) is 0 Å². The zero-order valence-corrected chi connectivity index (χ0v) is 11.2. The van der Waals surface area contributed by atoms with Crippen LogP contribution in [0.4, 0.5) is 5.82 Å². The van der Waals surface area contributed by atoms with Crippen LogP contribution in [0.15, 0.2) is 10.7 Å². The van der Waals surface area contributed by atoms with E-state index in [9.17, 15) is 0 Å². The van der Waals surface area contributed by atoms with Crippen molar-refractivity contribution >= 4 is 50.6 Å². The summed E-state index contributed by atoms with van der Waals surface area (Å²) in [6, 6.07) is 0. The maximum absolute atomic E-state index is 5.86. The Kier molecular flexibility index (Phi) is 2.82. The number of hydrogen-bond acceptors (Lipinski definition) is 8. The molecule has 7 nitrogen and oxygen atoms in total. The van der Waals surface area contributed by atoms with Crippen LogP contribution in [-0.2, 0) is 16.3 Å². The van der Waals surface area contributed by atoms with E-state index in [4.69, 9.17) is 10.1 Å². The van der Waals surface area contributed by atoms with Crippen molar-refractivity contribution < 1.29 is 9.22 Å². The van der Waals surface area contributed by atoms with Gasteiger partial charge in [0.05, 0.1) is 19.0 Å². The van der Waals surface area contributed by atoms with E-state index >= 15 is 0 Å². The van der Waals surface area contributed by atoms with Crippen LogP contribution in [0.5, 0.6) is 0 Å². The number of fused-ring (bicyclic) bond motifs is 3. The van der Waals surface area contributed by atoms with Gasteiger partial charge < -0.3 is 10.3 Å². The van der Waals surface area contributed by atoms with Crippen molar-refractivity contribution in [3.05, 3.63) is 6.33 Å². The van der Waals surface area contributed by atoms with Gasteiger partial charge >= 0.3 is 0 Å². The molecule has 0 bridgehead atoms. The number of imidazole rings is 1. The standard InChI is InChI=1S/C9H9N5O2S2/c1-14-3-11-4-5(14)6-8(12-7(4)10)13-9(17-6)18-16-15-2/h3H,1-2H3,(H2,10,12). The molecule has 9 heteroatoms. The van der Waals surface area contributed by atoms with Gasteiger partial charge in [0.2, 0.25) is 0 Å². The van der Waals surface area contributed by atoms with Gasteiger partial charge in [-0.15, -0.1) is 11.3 Å². The molecule has 2 N–H and O–H groups in total. The molecule has 0 saturated heterocycles. The molecule has 0 atom stereocenters. The van der Waals surface area contributed by atoms with Gasteiger partial charge in [-0.05, 0) is 0 Å². The summed E-state index contributed by atoms with van der Waals surface area (Å²) in [4.78, 5) is 17.3. The van der Waals surface area contributed by atoms with E-state index in [1.165, 1.54) is 18.4 Å². The van der Waals surface area contributed by atoms with Crippen LogP contribution in [0.1, 0.15) is 0 Å². The number of aromatic nitrogens is 4. The Labute approximate surface area is 110 Å². The largest absolute Gasteiger partial charge is 0.382 e. The molecule has 0 aromatic carbocycles. The number of aryl methyl sites for hydroxylation is 1. The van der Waals surface area contributed by atoms with E-state index < -0.39 is 0 Å². The fourth-order valence-corrected chi connectivity index (χ4v) is 3.22. The van der Waals surface area contributed by atoms with Crippen molar-refractivity contribution in [2.45, 2.75) is 4.34 Å². The minimum absolute atomic E-state index is 0.382. The van der Waals surface area contributed by atoms with E-state index in [1.807, 2.05) is 11.6 Å². The molecular weight excluding hydrogens is 274 g/mol. The Morgan fingerprint density at radius 2 is 2.28 bits per heavy atom. The third kappa shape index (κ3) is 1.72. The highest BCUT2D eigenvalue weighted by molar-refractivity contribution is 7.96. The number of nitrogen functional groups attached to an aromatic ring is 1. The lowest BCUT2D eigenvalue weighted by atomic mass is 10.3. The SMILES string of the molecule is COOSc1nc2nc(N)c3ncn(C)c3c2s1. The van der Waals surface area contributed by atoms with Crippen molar-refractivity contribution in [1.29, 1.82) is 0 Å². The van der Waals surface area contributed by atoms with Gasteiger partial charge in [-0.1, -0.05) is 0 Å². The van der Waals surface area contributed by atoms with Gasteiger partial charge in [-0.25, -0.2) is 19.8 Å². The number of thiazole rings is 1. The predicted octanol–water partition coefficient (Wildman–Crippen LogP) is 1.75. The number of pyridine rings is 1. The first-order chi connectivity index (χ1) is 8.70. The number of nitrogens with zero attached hydrogens (tertiary/aromatic N) is 4. The first-order valence-corrected chi connectivity index (χ1v) is 6.51. The Bertz CT molecular complexity index is 722. The van der Waals surface area contributed by atoms with Gasteiger partial charge in [0.1, 0.15) is 22.3 Å². The molecule has 3 aromatic heterocycles. The Balaban J connectivity index is 2.25. The summed E-state index contributed by atoms with van der Waals surface area (Å²) in [5, 5.41) is 0. The lowest BCUT2D eigenvalue weighted by Gasteiger charge is -1.97. The molecule has 0 saturated carbocycles. The molecule has 94 valence electrons. The summed E-state index contributed by atoms with van der Waals surface area (Å²) in [5.74, 6) is 0.382. The predicted molar refractivity (Wildman–Crippen MR) is 70.1 cm³/mol. The molecule has 0 aliphatic heterocycles. The molecule has 0 radical (unpaired) electrons. The van der Waals surface area contributed by atoms with Gasteiger partial charge in [-0.2, -0.15) is 4.33 Å². The molecule has 0 unspecified atom stereocenters. The highest BCUT2D eigenvalue weighted by Crippen LogP contribution is 2.35. The molecule has 0 amide bonds. The highest BCUT2D eigenvalue weighted by atomic mass is 32.2. The quantitative estimate of drug-likeness (QED) is 0.445. The lowest BCUT2D eigenvalue weighted by Crippen LogP contribution is -1.93. The zero-order valence-electron chi connectivity index (χ0n) is 9.58. The normalized spacial score (nSPS) is 11.7. The van der Waals surface area contributed by atoms with Crippen molar-refractivity contribution in [3.8, 4) is 0 Å². The van der Waals surface area contributed by atoms with E-state index in [-0.39, 0.29) is 0 Å². The van der Waals surface area contributed by atoms with Crippen LogP contribution in [0, 0.1) is 0 Å². The van der Waals surface area contributed by atoms with Crippen LogP contribution >= 0.6 is 23.4 Å². The minimum Gasteiger partial charge on any atom is -0.382 e. The van der Waals surface area contributed by atoms with Gasteiger partial charge in [0.15, 0.2) is 15.8 Å². The smallest absolute Gasteiger partial charge is 0.183 e. The Morgan fingerprint density at radius 1 is 1.44 bits per heavy atom. The number of rotatable bonds is 3. The van der Waals surface area contributed by atoms with Crippen molar-refractivity contribution in [2.24, 2.45) is 7.05 Å². The summed E-state index contributed by atoms with van der Waals surface area (Å²) < 4.78 is 8.32. The van der Waals surface area contributed by atoms with Gasteiger partial charge in [0, 0.05) is 7.05 Å². The second kappa shape index (κ2) is 4.35. The minimum atomic E-state index is 0.382. The van der Waals surface area contributed by atoms with Crippen molar-refractivity contribution in [1.82, 2.24) is 19.5 Å². The van der Waals surface area contributed by atoms with Crippen molar-refractivity contribution in [3.63, 3.8) is 0 Å². The van der Waals surface area contributed by atoms with E-state index in [2.05, 4.69) is 19.8 Å². The monoisotopic (exact) mass is 283 g/mol. The van der Waals surface area contributed by atoms with Crippen LogP contribution in [0.3, 0.4) is 0 Å². The summed E-state index contributed by atoms with van der Waals surface area (Å²) in [7, 11) is 3.35. The van der Waals surface area contributed by atoms with Crippen molar-refractivity contribution in [2.75, 3.05) is 12.8 Å². The van der Waals surface area contributed by atoms with Crippen LogP contribution in [0.2, 0.25) is 0 Å². The maximum atomic E-state index is 5.86.